The Morgan fingerprint density at radius 2 is 2.26 bits per heavy atom. The molecule has 1 heterocycles. The number of carbonyl (C=O) groups is 1. The number of anilines is 1. The van der Waals surface area contributed by atoms with Crippen LogP contribution in [0.4, 0.5) is 5.69 Å². The average Bonchev–Trinajstić information content (AvgIpc) is 2.78. The third-order valence-corrected chi connectivity index (χ3v) is 2.57. The third kappa shape index (κ3) is 3.54. The first-order chi connectivity index (χ1) is 9.08. The van der Waals surface area contributed by atoms with E-state index in [2.05, 4.69) is 10.3 Å². The van der Waals surface area contributed by atoms with Crippen LogP contribution in [0.15, 0.2) is 22.6 Å². The minimum atomic E-state index is -0.174. The number of benzene rings is 1. The lowest BCUT2D eigenvalue weighted by atomic mass is 10.3. The van der Waals surface area contributed by atoms with Crippen LogP contribution in [0.5, 0.6) is 0 Å². The number of oxazole rings is 1. The summed E-state index contributed by atoms with van der Waals surface area (Å²) in [5.41, 5.74) is 2.17. The quantitative estimate of drug-likeness (QED) is 0.899. The molecular weight excluding hydrogens is 244 g/mol. The molecule has 1 aromatic heterocycles. The first-order valence-electron chi connectivity index (χ1n) is 6.39. The molecule has 0 unspecified atom stereocenters. The molecule has 19 heavy (non-hydrogen) atoms. The maximum atomic E-state index is 11.6. The second-order valence-corrected chi connectivity index (χ2v) is 4.55. The molecule has 2 aromatic rings. The number of ether oxygens (including phenoxy) is 1. The highest BCUT2D eigenvalue weighted by atomic mass is 16.5. The van der Waals surface area contributed by atoms with Gasteiger partial charge in [-0.1, -0.05) is 6.92 Å². The maximum Gasteiger partial charge on any atom is 0.250 e. The molecule has 1 N–H and O–H groups in total. The number of hydrogen-bond donors (Lipinski definition) is 1. The van der Waals surface area contributed by atoms with E-state index in [0.29, 0.717) is 11.6 Å². The molecule has 0 aliphatic rings. The molecule has 0 aliphatic carbocycles. The van der Waals surface area contributed by atoms with Gasteiger partial charge < -0.3 is 14.5 Å². The molecule has 0 saturated carbocycles. The van der Waals surface area contributed by atoms with Gasteiger partial charge in [-0.15, -0.1) is 0 Å². The van der Waals surface area contributed by atoms with Gasteiger partial charge in [-0.3, -0.25) is 4.79 Å². The summed E-state index contributed by atoms with van der Waals surface area (Å²) in [6, 6.07) is 5.39. The van der Waals surface area contributed by atoms with Crippen molar-refractivity contribution in [2.24, 2.45) is 0 Å². The van der Waals surface area contributed by atoms with Crippen LogP contribution in [0.25, 0.3) is 11.1 Å². The number of carbonyl (C=O) groups excluding carboxylic acids is 1. The number of amides is 1. The van der Waals surface area contributed by atoms with Crippen molar-refractivity contribution in [2.45, 2.75) is 33.3 Å². The standard InChI is InChI=1S/C14H18N2O3/c1-4-14-16-11-7-10(5-6-12(11)19-14)15-13(17)8-18-9(2)3/h5-7,9H,4,8H2,1-3H3,(H,15,17). The van der Waals surface area contributed by atoms with Crippen LogP contribution in [0.3, 0.4) is 0 Å². The molecule has 0 radical (unpaired) electrons. The molecule has 2 rings (SSSR count). The molecule has 1 aromatic carbocycles. The number of hydrogen-bond acceptors (Lipinski definition) is 4. The van der Waals surface area contributed by atoms with E-state index in [9.17, 15) is 4.79 Å². The lowest BCUT2D eigenvalue weighted by molar-refractivity contribution is -0.121. The zero-order valence-corrected chi connectivity index (χ0v) is 11.4. The predicted octanol–water partition coefficient (Wildman–Crippen LogP) is 2.75. The summed E-state index contributed by atoms with van der Waals surface area (Å²) < 4.78 is 10.7. The van der Waals surface area contributed by atoms with E-state index in [1.807, 2.05) is 20.8 Å². The molecule has 102 valence electrons. The topological polar surface area (TPSA) is 64.4 Å². The minimum absolute atomic E-state index is 0.0379. The summed E-state index contributed by atoms with van der Waals surface area (Å²) in [4.78, 5) is 16.0. The second-order valence-electron chi connectivity index (χ2n) is 4.55. The molecule has 0 fully saturated rings. The average molecular weight is 262 g/mol. The van der Waals surface area contributed by atoms with Crippen LogP contribution in [0.2, 0.25) is 0 Å². The van der Waals surface area contributed by atoms with Crippen molar-refractivity contribution in [1.29, 1.82) is 0 Å². The van der Waals surface area contributed by atoms with Gasteiger partial charge in [0.2, 0.25) is 5.91 Å². The highest BCUT2D eigenvalue weighted by molar-refractivity contribution is 5.93. The number of aryl methyl sites for hydroxylation is 1. The normalized spacial score (nSPS) is 11.2. The van der Waals surface area contributed by atoms with E-state index >= 15 is 0 Å². The Labute approximate surface area is 112 Å². The zero-order chi connectivity index (χ0) is 13.8. The smallest absolute Gasteiger partial charge is 0.250 e. The fraction of sp³-hybridized carbons (Fsp3) is 0.429. The summed E-state index contributed by atoms with van der Waals surface area (Å²) in [6.45, 7) is 5.81. The molecule has 0 spiro atoms. The van der Waals surface area contributed by atoms with Gasteiger partial charge >= 0.3 is 0 Å². The maximum absolute atomic E-state index is 11.6. The molecule has 1 amide bonds. The van der Waals surface area contributed by atoms with E-state index in [1.165, 1.54) is 0 Å². The van der Waals surface area contributed by atoms with Gasteiger partial charge in [0.25, 0.3) is 0 Å². The Hall–Kier alpha value is -1.88. The van der Waals surface area contributed by atoms with Gasteiger partial charge in [-0.25, -0.2) is 4.98 Å². The van der Waals surface area contributed by atoms with Gasteiger partial charge in [0.05, 0.1) is 6.10 Å². The lowest BCUT2D eigenvalue weighted by Gasteiger charge is -2.08. The van der Waals surface area contributed by atoms with Crippen molar-refractivity contribution in [3.63, 3.8) is 0 Å². The van der Waals surface area contributed by atoms with Crippen LogP contribution >= 0.6 is 0 Å². The second kappa shape index (κ2) is 5.84. The number of nitrogens with one attached hydrogen (secondary N) is 1. The molecule has 5 heteroatoms. The number of fused-ring (bicyclic) bond motifs is 1. The Balaban J connectivity index is 2.06. The predicted molar refractivity (Wildman–Crippen MR) is 73.1 cm³/mol. The molecule has 0 saturated heterocycles. The first-order valence-corrected chi connectivity index (χ1v) is 6.39. The molecule has 0 aliphatic heterocycles. The van der Waals surface area contributed by atoms with Crippen molar-refractivity contribution < 1.29 is 13.9 Å². The van der Waals surface area contributed by atoms with Crippen molar-refractivity contribution >= 4 is 22.7 Å². The number of rotatable bonds is 5. The number of aromatic nitrogens is 1. The Kier molecular flexibility index (Phi) is 4.16. The van der Waals surface area contributed by atoms with Crippen LogP contribution in [-0.2, 0) is 16.0 Å². The summed E-state index contributed by atoms with van der Waals surface area (Å²) in [6.07, 6.45) is 0.786. The van der Waals surface area contributed by atoms with Crippen LogP contribution in [-0.4, -0.2) is 23.6 Å². The zero-order valence-electron chi connectivity index (χ0n) is 11.4. The van der Waals surface area contributed by atoms with Gasteiger partial charge in [0.1, 0.15) is 12.1 Å². The lowest BCUT2D eigenvalue weighted by Crippen LogP contribution is -2.20. The highest BCUT2D eigenvalue weighted by Crippen LogP contribution is 2.20. The minimum Gasteiger partial charge on any atom is -0.441 e. The Morgan fingerprint density at radius 1 is 1.47 bits per heavy atom. The molecule has 0 bridgehead atoms. The molecule has 5 nitrogen and oxygen atoms in total. The van der Waals surface area contributed by atoms with E-state index in [0.717, 1.165) is 17.5 Å². The van der Waals surface area contributed by atoms with Crippen molar-refractivity contribution in [1.82, 2.24) is 4.98 Å². The van der Waals surface area contributed by atoms with E-state index in [1.54, 1.807) is 18.2 Å². The molecular formula is C14H18N2O3. The van der Waals surface area contributed by atoms with Crippen LogP contribution < -0.4 is 5.32 Å². The number of nitrogens with zero attached hydrogens (tertiary/aromatic N) is 1. The summed E-state index contributed by atoms with van der Waals surface area (Å²) in [7, 11) is 0. The van der Waals surface area contributed by atoms with Crippen molar-refractivity contribution in [3.8, 4) is 0 Å². The van der Waals surface area contributed by atoms with Gasteiger partial charge in [0.15, 0.2) is 11.5 Å². The van der Waals surface area contributed by atoms with Crippen LogP contribution in [0.1, 0.15) is 26.7 Å². The van der Waals surface area contributed by atoms with E-state index < -0.39 is 0 Å². The Bertz CT molecular complexity index is 575. The first kappa shape index (κ1) is 13.5. The summed E-state index contributed by atoms with van der Waals surface area (Å²) in [5, 5.41) is 2.77. The van der Waals surface area contributed by atoms with Crippen LogP contribution in [0, 0.1) is 0 Å². The SMILES string of the molecule is CCc1nc2cc(NC(=O)COC(C)C)ccc2o1. The van der Waals surface area contributed by atoms with Gasteiger partial charge in [-0.2, -0.15) is 0 Å². The monoisotopic (exact) mass is 262 g/mol. The van der Waals surface area contributed by atoms with E-state index in [-0.39, 0.29) is 18.6 Å². The highest BCUT2D eigenvalue weighted by Gasteiger charge is 2.08. The van der Waals surface area contributed by atoms with Crippen molar-refractivity contribution in [2.75, 3.05) is 11.9 Å². The fourth-order valence-electron chi connectivity index (χ4n) is 1.64. The Morgan fingerprint density at radius 3 is 2.95 bits per heavy atom. The van der Waals surface area contributed by atoms with Gasteiger partial charge in [0, 0.05) is 12.1 Å². The largest absolute Gasteiger partial charge is 0.441 e. The molecule has 0 atom stereocenters. The summed E-state index contributed by atoms with van der Waals surface area (Å²) >= 11 is 0. The summed E-state index contributed by atoms with van der Waals surface area (Å²) in [5.74, 6) is 0.522. The van der Waals surface area contributed by atoms with Gasteiger partial charge in [-0.05, 0) is 32.0 Å². The third-order valence-electron chi connectivity index (χ3n) is 2.57. The van der Waals surface area contributed by atoms with E-state index in [4.69, 9.17) is 9.15 Å². The van der Waals surface area contributed by atoms with Crippen molar-refractivity contribution in [3.05, 3.63) is 24.1 Å². The fourth-order valence-corrected chi connectivity index (χ4v) is 1.64.